The van der Waals surface area contributed by atoms with Crippen LogP contribution in [0.15, 0.2) is 12.1 Å². The Bertz CT molecular complexity index is 495. The number of rotatable bonds is 5. The molecule has 0 unspecified atom stereocenters. The van der Waals surface area contributed by atoms with E-state index < -0.39 is 0 Å². The summed E-state index contributed by atoms with van der Waals surface area (Å²) < 4.78 is 0. The summed E-state index contributed by atoms with van der Waals surface area (Å²) in [5, 5.41) is 3.28. The molecule has 1 rings (SSSR count). The van der Waals surface area contributed by atoms with Crippen LogP contribution in [0.4, 0.5) is 0 Å². The van der Waals surface area contributed by atoms with Crippen LogP contribution in [0.2, 0.25) is 5.15 Å². The second-order valence-electron chi connectivity index (χ2n) is 6.64. The molecule has 0 saturated heterocycles. The molecule has 0 spiro atoms. The van der Waals surface area contributed by atoms with Gasteiger partial charge >= 0.3 is 0 Å². The average molecular weight is 312 g/mol. The van der Waals surface area contributed by atoms with Crippen molar-refractivity contribution in [2.24, 2.45) is 0 Å². The van der Waals surface area contributed by atoms with Crippen LogP contribution in [0.5, 0.6) is 0 Å². The molecule has 5 heteroatoms. The Kier molecular flexibility index (Phi) is 6.17. The summed E-state index contributed by atoms with van der Waals surface area (Å²) in [4.78, 5) is 18.7. The monoisotopic (exact) mass is 311 g/mol. The second kappa shape index (κ2) is 7.23. The van der Waals surface area contributed by atoms with E-state index in [-0.39, 0.29) is 11.3 Å². The third-order valence-electron chi connectivity index (χ3n) is 3.46. The Labute approximate surface area is 132 Å². The molecule has 0 fully saturated rings. The van der Waals surface area contributed by atoms with Crippen molar-refractivity contribution in [2.75, 3.05) is 20.1 Å². The molecule has 1 heterocycles. The quantitative estimate of drug-likeness (QED) is 0.850. The van der Waals surface area contributed by atoms with Crippen LogP contribution < -0.4 is 5.32 Å². The summed E-state index contributed by atoms with van der Waals surface area (Å²) in [7, 11) is 2.04. The first-order valence-electron chi connectivity index (χ1n) is 7.27. The molecule has 21 heavy (non-hydrogen) atoms. The Balaban J connectivity index is 2.73. The van der Waals surface area contributed by atoms with E-state index in [1.165, 1.54) is 0 Å². The minimum Gasteiger partial charge on any atom is -0.351 e. The standard InChI is InChI=1S/C16H26ClN3O/c1-11(2)20(6)8-7-18-15(21)12-9-13(16(3,4)5)19-14(17)10-12/h9-11H,7-8H2,1-6H3,(H,18,21). The van der Waals surface area contributed by atoms with Gasteiger partial charge in [0.1, 0.15) is 5.15 Å². The summed E-state index contributed by atoms with van der Waals surface area (Å²) in [5.41, 5.74) is 1.24. The fraction of sp³-hybridized carbons (Fsp3) is 0.625. The zero-order chi connectivity index (χ0) is 16.2. The molecule has 1 aromatic heterocycles. The minimum absolute atomic E-state index is 0.109. The molecule has 1 aromatic rings. The fourth-order valence-corrected chi connectivity index (χ4v) is 1.93. The van der Waals surface area contributed by atoms with Crippen LogP contribution in [0.3, 0.4) is 0 Å². The molecule has 0 aromatic carbocycles. The van der Waals surface area contributed by atoms with Crippen molar-refractivity contribution in [3.63, 3.8) is 0 Å². The van der Waals surface area contributed by atoms with Crippen LogP contribution >= 0.6 is 11.6 Å². The number of carbonyl (C=O) groups excluding carboxylic acids is 1. The Morgan fingerprint density at radius 2 is 2.00 bits per heavy atom. The Hall–Kier alpha value is -1.13. The summed E-state index contributed by atoms with van der Waals surface area (Å²) in [5.74, 6) is -0.109. The van der Waals surface area contributed by atoms with Crippen molar-refractivity contribution in [3.8, 4) is 0 Å². The van der Waals surface area contributed by atoms with E-state index in [2.05, 4.69) is 29.0 Å². The molecule has 118 valence electrons. The van der Waals surface area contributed by atoms with E-state index in [9.17, 15) is 4.79 Å². The molecular formula is C16H26ClN3O. The van der Waals surface area contributed by atoms with Gasteiger partial charge in [-0.3, -0.25) is 4.79 Å². The van der Waals surface area contributed by atoms with Crippen LogP contribution in [-0.2, 0) is 5.41 Å². The summed E-state index contributed by atoms with van der Waals surface area (Å²) in [6.45, 7) is 11.8. The minimum atomic E-state index is -0.141. The van der Waals surface area contributed by atoms with E-state index >= 15 is 0 Å². The van der Waals surface area contributed by atoms with Crippen molar-refractivity contribution in [2.45, 2.75) is 46.1 Å². The maximum atomic E-state index is 12.2. The van der Waals surface area contributed by atoms with E-state index in [0.717, 1.165) is 12.2 Å². The highest BCUT2D eigenvalue weighted by Crippen LogP contribution is 2.23. The van der Waals surface area contributed by atoms with Crippen LogP contribution in [0, 0.1) is 0 Å². The van der Waals surface area contributed by atoms with Crippen LogP contribution in [0.25, 0.3) is 0 Å². The molecule has 1 amide bonds. The molecule has 0 aliphatic carbocycles. The number of aromatic nitrogens is 1. The van der Waals surface area contributed by atoms with Gasteiger partial charge in [0.15, 0.2) is 0 Å². The topological polar surface area (TPSA) is 45.2 Å². The van der Waals surface area contributed by atoms with Gasteiger partial charge < -0.3 is 10.2 Å². The molecule has 0 saturated carbocycles. The molecular weight excluding hydrogens is 286 g/mol. The first kappa shape index (κ1) is 17.9. The number of nitrogens with zero attached hydrogens (tertiary/aromatic N) is 2. The van der Waals surface area contributed by atoms with Crippen molar-refractivity contribution in [1.29, 1.82) is 0 Å². The summed E-state index contributed by atoms with van der Waals surface area (Å²) >= 11 is 6.03. The number of hydrogen-bond acceptors (Lipinski definition) is 3. The van der Waals surface area contributed by atoms with E-state index in [1.54, 1.807) is 6.07 Å². The molecule has 0 bridgehead atoms. The van der Waals surface area contributed by atoms with Crippen molar-refractivity contribution >= 4 is 17.5 Å². The number of likely N-dealkylation sites (N-methyl/N-ethyl adjacent to an activating group) is 1. The lowest BCUT2D eigenvalue weighted by Crippen LogP contribution is -2.36. The molecule has 0 aliphatic heterocycles. The van der Waals surface area contributed by atoms with Crippen molar-refractivity contribution < 1.29 is 4.79 Å². The third kappa shape index (κ3) is 5.64. The molecule has 0 atom stereocenters. The van der Waals surface area contributed by atoms with Gasteiger partial charge in [-0.1, -0.05) is 32.4 Å². The zero-order valence-corrected chi connectivity index (χ0v) is 14.6. The average Bonchev–Trinajstić information content (AvgIpc) is 2.36. The van der Waals surface area contributed by atoms with Crippen LogP contribution in [0.1, 0.15) is 50.7 Å². The predicted molar refractivity (Wildman–Crippen MR) is 88.0 cm³/mol. The highest BCUT2D eigenvalue weighted by Gasteiger charge is 2.18. The fourth-order valence-electron chi connectivity index (χ4n) is 1.72. The number of halogens is 1. The zero-order valence-electron chi connectivity index (χ0n) is 13.8. The SMILES string of the molecule is CC(C)N(C)CCNC(=O)c1cc(Cl)nc(C(C)(C)C)c1. The lowest BCUT2D eigenvalue weighted by molar-refractivity contribution is 0.0947. The lowest BCUT2D eigenvalue weighted by Gasteiger charge is -2.21. The molecule has 1 N–H and O–H groups in total. The maximum Gasteiger partial charge on any atom is 0.251 e. The smallest absolute Gasteiger partial charge is 0.251 e. The van der Waals surface area contributed by atoms with Gasteiger partial charge in [0.25, 0.3) is 5.91 Å². The first-order chi connectivity index (χ1) is 9.61. The normalized spacial score (nSPS) is 12.0. The molecule has 0 aliphatic rings. The number of pyridine rings is 1. The van der Waals surface area contributed by atoms with Gasteiger partial charge in [-0.2, -0.15) is 0 Å². The van der Waals surface area contributed by atoms with Gasteiger partial charge in [0, 0.05) is 35.8 Å². The van der Waals surface area contributed by atoms with Gasteiger partial charge in [0.2, 0.25) is 0 Å². The maximum absolute atomic E-state index is 12.2. The highest BCUT2D eigenvalue weighted by atomic mass is 35.5. The second-order valence-corrected chi connectivity index (χ2v) is 7.03. The largest absolute Gasteiger partial charge is 0.351 e. The Morgan fingerprint density at radius 3 is 2.52 bits per heavy atom. The van der Waals surface area contributed by atoms with E-state index in [0.29, 0.717) is 23.3 Å². The summed E-state index contributed by atoms with van der Waals surface area (Å²) in [6.07, 6.45) is 0. The van der Waals surface area contributed by atoms with Gasteiger partial charge in [-0.15, -0.1) is 0 Å². The first-order valence-corrected chi connectivity index (χ1v) is 7.65. The Morgan fingerprint density at radius 1 is 1.38 bits per heavy atom. The summed E-state index contributed by atoms with van der Waals surface area (Å²) in [6, 6.07) is 3.89. The highest BCUT2D eigenvalue weighted by molar-refractivity contribution is 6.29. The molecule has 4 nitrogen and oxygen atoms in total. The van der Waals surface area contributed by atoms with E-state index in [1.807, 2.05) is 33.9 Å². The number of amides is 1. The lowest BCUT2D eigenvalue weighted by atomic mass is 9.91. The van der Waals surface area contributed by atoms with Crippen molar-refractivity contribution in [3.05, 3.63) is 28.5 Å². The van der Waals surface area contributed by atoms with Gasteiger partial charge in [-0.25, -0.2) is 4.98 Å². The van der Waals surface area contributed by atoms with Gasteiger partial charge in [0.05, 0.1) is 0 Å². The number of carbonyl (C=O) groups is 1. The van der Waals surface area contributed by atoms with Gasteiger partial charge in [-0.05, 0) is 33.0 Å². The predicted octanol–water partition coefficient (Wildman–Crippen LogP) is 3.10. The molecule has 0 radical (unpaired) electrons. The number of hydrogen-bond donors (Lipinski definition) is 1. The van der Waals surface area contributed by atoms with Crippen LogP contribution in [-0.4, -0.2) is 42.0 Å². The number of nitrogens with one attached hydrogen (secondary N) is 1. The third-order valence-corrected chi connectivity index (χ3v) is 3.65. The van der Waals surface area contributed by atoms with Crippen molar-refractivity contribution in [1.82, 2.24) is 15.2 Å². The van der Waals surface area contributed by atoms with E-state index in [4.69, 9.17) is 11.6 Å².